The van der Waals surface area contributed by atoms with Crippen molar-refractivity contribution in [1.29, 1.82) is 0 Å². The summed E-state index contributed by atoms with van der Waals surface area (Å²) in [5.74, 6) is 0. The molecule has 92 valence electrons. The van der Waals surface area contributed by atoms with Gasteiger partial charge in [0.15, 0.2) is 0 Å². The molecule has 1 aromatic rings. The van der Waals surface area contributed by atoms with E-state index in [1.54, 1.807) is 0 Å². The molecule has 0 aliphatic carbocycles. The summed E-state index contributed by atoms with van der Waals surface area (Å²) in [5.41, 5.74) is 0.352. The van der Waals surface area contributed by atoms with Gasteiger partial charge in [-0.2, -0.15) is 0 Å². The molecule has 1 rings (SSSR count). The fourth-order valence-electron chi connectivity index (χ4n) is 1.98. The number of nitrogens with one attached hydrogen (secondary N) is 1. The Bertz CT molecular complexity index is 314. The number of hydrogen-bond donors (Lipinski definition) is 1. The lowest BCUT2D eigenvalue weighted by molar-refractivity contribution is 0.264. The highest BCUT2D eigenvalue weighted by atomic mass is 79.9. The first kappa shape index (κ1) is 14.2. The predicted molar refractivity (Wildman–Crippen MR) is 77.3 cm³/mol. The second kappa shape index (κ2) is 6.18. The van der Waals surface area contributed by atoms with E-state index in [1.165, 1.54) is 27.9 Å². The molecule has 16 heavy (non-hydrogen) atoms. The Kier molecular flexibility index (Phi) is 5.48. The molecule has 0 amide bonds. The second-order valence-corrected chi connectivity index (χ2v) is 7.85. The minimum absolute atomic E-state index is 0.352. The average molecular weight is 304 g/mol. The first-order valence-corrected chi connectivity index (χ1v) is 7.46. The van der Waals surface area contributed by atoms with Gasteiger partial charge in [0.05, 0.1) is 3.79 Å². The van der Waals surface area contributed by atoms with Gasteiger partial charge in [0.2, 0.25) is 0 Å². The summed E-state index contributed by atoms with van der Waals surface area (Å²) in [6.45, 7) is 6.90. The van der Waals surface area contributed by atoms with E-state index >= 15 is 0 Å². The predicted octanol–water partition coefficient (Wildman–Crippen LogP) is 4.47. The van der Waals surface area contributed by atoms with Crippen LogP contribution in [0.25, 0.3) is 0 Å². The van der Waals surface area contributed by atoms with Gasteiger partial charge in [-0.05, 0) is 59.8 Å². The Hall–Kier alpha value is 0.140. The van der Waals surface area contributed by atoms with Gasteiger partial charge in [-0.3, -0.25) is 0 Å². The minimum Gasteiger partial charge on any atom is -0.316 e. The molecule has 1 nitrogen and oxygen atoms in total. The van der Waals surface area contributed by atoms with Crippen LogP contribution in [-0.4, -0.2) is 13.1 Å². The fourth-order valence-corrected chi connectivity index (χ4v) is 3.50. The third kappa shape index (κ3) is 4.56. The lowest BCUT2D eigenvalue weighted by Crippen LogP contribution is -2.37. The van der Waals surface area contributed by atoms with Crippen molar-refractivity contribution in [2.75, 3.05) is 7.05 Å². The average Bonchev–Trinajstić information content (AvgIpc) is 2.57. The summed E-state index contributed by atoms with van der Waals surface area (Å²) in [6.07, 6.45) is 3.70. The topological polar surface area (TPSA) is 12.0 Å². The third-order valence-corrected chi connectivity index (χ3v) is 4.62. The van der Waals surface area contributed by atoms with Crippen LogP contribution in [0.5, 0.6) is 0 Å². The Morgan fingerprint density at radius 2 is 2.06 bits per heavy atom. The Morgan fingerprint density at radius 3 is 2.50 bits per heavy atom. The summed E-state index contributed by atoms with van der Waals surface area (Å²) < 4.78 is 1.24. The quantitative estimate of drug-likeness (QED) is 0.846. The van der Waals surface area contributed by atoms with Crippen LogP contribution in [0, 0.1) is 5.41 Å². The first-order valence-electron chi connectivity index (χ1n) is 5.85. The zero-order chi connectivity index (χ0) is 12.2. The normalized spacial score (nSPS) is 14.1. The zero-order valence-electron chi connectivity index (χ0n) is 10.6. The smallest absolute Gasteiger partial charge is 0.0701 e. The molecule has 0 fully saturated rings. The van der Waals surface area contributed by atoms with E-state index in [-0.39, 0.29) is 0 Å². The molecule has 1 heterocycles. The lowest BCUT2D eigenvalue weighted by atomic mass is 9.84. The lowest BCUT2D eigenvalue weighted by Gasteiger charge is -2.30. The standard InChI is InChI=1S/C13H22BrNS/c1-13(2,3)11(15-4)7-5-6-10-8-9-12(14)16-10/h8-9,11,15H,5-7H2,1-4H3. The zero-order valence-corrected chi connectivity index (χ0v) is 13.0. The number of thiophene rings is 1. The summed E-state index contributed by atoms with van der Waals surface area (Å²) in [4.78, 5) is 1.48. The number of aryl methyl sites for hydroxylation is 1. The van der Waals surface area contributed by atoms with Crippen LogP contribution >= 0.6 is 27.3 Å². The van der Waals surface area contributed by atoms with Gasteiger partial charge in [0, 0.05) is 10.9 Å². The maximum Gasteiger partial charge on any atom is 0.0701 e. The van der Waals surface area contributed by atoms with Crippen molar-refractivity contribution in [2.45, 2.75) is 46.1 Å². The van der Waals surface area contributed by atoms with E-state index in [2.05, 4.69) is 61.2 Å². The van der Waals surface area contributed by atoms with Crippen LogP contribution < -0.4 is 5.32 Å². The maximum atomic E-state index is 3.50. The maximum absolute atomic E-state index is 3.50. The van der Waals surface area contributed by atoms with E-state index in [9.17, 15) is 0 Å². The molecular weight excluding hydrogens is 282 g/mol. The Labute approximate surface area is 112 Å². The van der Waals surface area contributed by atoms with Crippen LogP contribution in [0.15, 0.2) is 15.9 Å². The van der Waals surface area contributed by atoms with Crippen LogP contribution in [0.4, 0.5) is 0 Å². The molecule has 0 radical (unpaired) electrons. The molecule has 1 atom stereocenters. The van der Waals surface area contributed by atoms with Gasteiger partial charge in [-0.15, -0.1) is 11.3 Å². The minimum atomic E-state index is 0.352. The van der Waals surface area contributed by atoms with E-state index in [4.69, 9.17) is 0 Å². The fraction of sp³-hybridized carbons (Fsp3) is 0.692. The molecule has 0 aliphatic rings. The SMILES string of the molecule is CNC(CCCc1ccc(Br)s1)C(C)(C)C. The van der Waals surface area contributed by atoms with E-state index in [0.717, 1.165) is 0 Å². The van der Waals surface area contributed by atoms with Gasteiger partial charge in [0.25, 0.3) is 0 Å². The molecule has 0 aliphatic heterocycles. The second-order valence-electron chi connectivity index (χ2n) is 5.31. The molecule has 0 spiro atoms. The van der Waals surface area contributed by atoms with Crippen LogP contribution in [0.1, 0.15) is 38.5 Å². The van der Waals surface area contributed by atoms with E-state index in [1.807, 2.05) is 11.3 Å². The van der Waals surface area contributed by atoms with Crippen LogP contribution in [0.3, 0.4) is 0 Å². The van der Waals surface area contributed by atoms with Gasteiger partial charge < -0.3 is 5.32 Å². The highest BCUT2D eigenvalue weighted by Gasteiger charge is 2.22. The largest absolute Gasteiger partial charge is 0.316 e. The van der Waals surface area contributed by atoms with E-state index in [0.29, 0.717) is 11.5 Å². The summed E-state index contributed by atoms with van der Waals surface area (Å²) >= 11 is 5.36. The summed E-state index contributed by atoms with van der Waals surface area (Å²) in [6, 6.07) is 4.97. The Balaban J connectivity index is 2.34. The number of halogens is 1. The molecule has 1 aromatic heterocycles. The number of rotatable bonds is 5. The molecule has 0 saturated carbocycles. The molecule has 1 N–H and O–H groups in total. The summed E-state index contributed by atoms with van der Waals surface area (Å²) in [5, 5.41) is 3.43. The van der Waals surface area contributed by atoms with Crippen LogP contribution in [-0.2, 0) is 6.42 Å². The van der Waals surface area contributed by atoms with Crippen molar-refractivity contribution in [1.82, 2.24) is 5.32 Å². The highest BCUT2D eigenvalue weighted by molar-refractivity contribution is 9.11. The molecule has 0 bridgehead atoms. The monoisotopic (exact) mass is 303 g/mol. The summed E-state index contributed by atoms with van der Waals surface area (Å²) in [7, 11) is 2.07. The Morgan fingerprint density at radius 1 is 1.38 bits per heavy atom. The van der Waals surface area contributed by atoms with Crippen molar-refractivity contribution < 1.29 is 0 Å². The van der Waals surface area contributed by atoms with Crippen molar-refractivity contribution in [3.05, 3.63) is 20.8 Å². The molecule has 3 heteroatoms. The molecule has 1 unspecified atom stereocenters. The molecule has 0 aromatic carbocycles. The van der Waals surface area contributed by atoms with Gasteiger partial charge >= 0.3 is 0 Å². The van der Waals surface area contributed by atoms with Crippen molar-refractivity contribution in [3.63, 3.8) is 0 Å². The number of hydrogen-bond acceptors (Lipinski definition) is 2. The molecular formula is C13H22BrNS. The van der Waals surface area contributed by atoms with Crippen molar-refractivity contribution in [2.24, 2.45) is 5.41 Å². The highest BCUT2D eigenvalue weighted by Crippen LogP contribution is 2.26. The van der Waals surface area contributed by atoms with Gasteiger partial charge in [-0.1, -0.05) is 20.8 Å². The van der Waals surface area contributed by atoms with Gasteiger partial charge in [-0.25, -0.2) is 0 Å². The van der Waals surface area contributed by atoms with E-state index < -0.39 is 0 Å². The third-order valence-electron chi connectivity index (χ3n) is 2.94. The molecule has 0 saturated heterocycles. The van der Waals surface area contributed by atoms with Crippen LogP contribution in [0.2, 0.25) is 0 Å². The van der Waals surface area contributed by atoms with Crippen molar-refractivity contribution in [3.8, 4) is 0 Å². The van der Waals surface area contributed by atoms with Gasteiger partial charge in [0.1, 0.15) is 0 Å². The van der Waals surface area contributed by atoms with Crippen molar-refractivity contribution >= 4 is 27.3 Å². The first-order chi connectivity index (χ1) is 7.43.